The second kappa shape index (κ2) is 6.26. The Balaban J connectivity index is 2.57. The molecule has 0 aliphatic rings. The van der Waals surface area contributed by atoms with Gasteiger partial charge in [-0.15, -0.1) is 0 Å². The lowest BCUT2D eigenvalue weighted by atomic mass is 9.93. The standard InChI is InChI=1S/C14H21ClN2O2/c1-9(2)14(4,19)8-16-13(18)17-12-6-5-10(3)7-11(12)15/h5-7,9,19H,8H2,1-4H3,(H2,16,17,18). The van der Waals surface area contributed by atoms with Crippen LogP contribution in [0, 0.1) is 12.8 Å². The average Bonchev–Trinajstić information content (AvgIpc) is 2.30. The second-order valence-corrected chi connectivity index (χ2v) is 5.71. The van der Waals surface area contributed by atoms with Crippen molar-refractivity contribution in [3.63, 3.8) is 0 Å². The Hall–Kier alpha value is -1.26. The van der Waals surface area contributed by atoms with Gasteiger partial charge in [-0.3, -0.25) is 0 Å². The van der Waals surface area contributed by atoms with Gasteiger partial charge in [-0.25, -0.2) is 4.79 Å². The molecule has 0 saturated carbocycles. The molecule has 106 valence electrons. The molecule has 0 fully saturated rings. The first-order valence-electron chi connectivity index (χ1n) is 6.26. The monoisotopic (exact) mass is 284 g/mol. The molecule has 0 heterocycles. The molecule has 0 spiro atoms. The minimum atomic E-state index is -0.936. The molecule has 0 bridgehead atoms. The maximum Gasteiger partial charge on any atom is 0.319 e. The number of hydrogen-bond donors (Lipinski definition) is 3. The van der Waals surface area contributed by atoms with Crippen LogP contribution in [-0.2, 0) is 0 Å². The normalized spacial score (nSPS) is 14.1. The maximum atomic E-state index is 11.7. The predicted molar refractivity (Wildman–Crippen MR) is 78.7 cm³/mol. The van der Waals surface area contributed by atoms with Gasteiger partial charge in [0.2, 0.25) is 0 Å². The summed E-state index contributed by atoms with van der Waals surface area (Å²) in [6.07, 6.45) is 0. The molecule has 5 heteroatoms. The number of anilines is 1. The quantitative estimate of drug-likeness (QED) is 0.795. The van der Waals surface area contributed by atoms with Crippen molar-refractivity contribution in [3.05, 3.63) is 28.8 Å². The Kier molecular flexibility index (Phi) is 5.20. The van der Waals surface area contributed by atoms with E-state index in [1.54, 1.807) is 19.1 Å². The highest BCUT2D eigenvalue weighted by atomic mass is 35.5. The summed E-state index contributed by atoms with van der Waals surface area (Å²) in [6.45, 7) is 7.60. The summed E-state index contributed by atoms with van der Waals surface area (Å²) in [5.41, 5.74) is 0.640. The third-order valence-corrected chi connectivity index (χ3v) is 3.54. The molecule has 1 unspecified atom stereocenters. The largest absolute Gasteiger partial charge is 0.388 e. The second-order valence-electron chi connectivity index (χ2n) is 5.30. The van der Waals surface area contributed by atoms with Crippen molar-refractivity contribution in [3.8, 4) is 0 Å². The van der Waals surface area contributed by atoms with Crippen LogP contribution < -0.4 is 10.6 Å². The first-order valence-corrected chi connectivity index (χ1v) is 6.63. The lowest BCUT2D eigenvalue weighted by Crippen LogP contribution is -2.45. The van der Waals surface area contributed by atoms with Crippen molar-refractivity contribution in [2.24, 2.45) is 5.92 Å². The van der Waals surface area contributed by atoms with Gasteiger partial charge in [0.15, 0.2) is 0 Å². The Morgan fingerprint density at radius 2 is 2.11 bits per heavy atom. The van der Waals surface area contributed by atoms with Gasteiger partial charge in [0, 0.05) is 6.54 Å². The van der Waals surface area contributed by atoms with Crippen LogP contribution in [0.3, 0.4) is 0 Å². The fourth-order valence-electron chi connectivity index (χ4n) is 1.35. The van der Waals surface area contributed by atoms with Gasteiger partial charge >= 0.3 is 6.03 Å². The summed E-state index contributed by atoms with van der Waals surface area (Å²) >= 11 is 6.02. The van der Waals surface area contributed by atoms with Crippen molar-refractivity contribution in [1.82, 2.24) is 5.32 Å². The number of hydrogen-bond acceptors (Lipinski definition) is 2. The highest BCUT2D eigenvalue weighted by Crippen LogP contribution is 2.22. The Bertz CT molecular complexity index is 459. The van der Waals surface area contributed by atoms with Crippen LogP contribution in [0.5, 0.6) is 0 Å². The van der Waals surface area contributed by atoms with E-state index in [-0.39, 0.29) is 18.5 Å². The zero-order chi connectivity index (χ0) is 14.6. The van der Waals surface area contributed by atoms with E-state index >= 15 is 0 Å². The number of halogens is 1. The van der Waals surface area contributed by atoms with Gasteiger partial charge < -0.3 is 15.7 Å². The molecule has 0 aliphatic heterocycles. The molecule has 1 atom stereocenters. The minimum Gasteiger partial charge on any atom is -0.388 e. The molecular weight excluding hydrogens is 264 g/mol. The van der Waals surface area contributed by atoms with E-state index in [4.69, 9.17) is 11.6 Å². The molecule has 0 saturated heterocycles. The van der Waals surface area contributed by atoms with Crippen LogP contribution in [0.15, 0.2) is 18.2 Å². The van der Waals surface area contributed by atoms with Gasteiger partial charge in [0.25, 0.3) is 0 Å². The van der Waals surface area contributed by atoms with Crippen molar-refractivity contribution in [1.29, 1.82) is 0 Å². The first-order chi connectivity index (χ1) is 8.72. The smallest absolute Gasteiger partial charge is 0.319 e. The van der Waals surface area contributed by atoms with Gasteiger partial charge in [0.05, 0.1) is 16.3 Å². The molecule has 19 heavy (non-hydrogen) atoms. The topological polar surface area (TPSA) is 61.4 Å². The molecule has 1 aromatic carbocycles. The average molecular weight is 285 g/mol. The van der Waals surface area contributed by atoms with Crippen LogP contribution >= 0.6 is 11.6 Å². The van der Waals surface area contributed by atoms with E-state index in [9.17, 15) is 9.90 Å². The third-order valence-electron chi connectivity index (χ3n) is 3.22. The van der Waals surface area contributed by atoms with E-state index in [0.29, 0.717) is 10.7 Å². The zero-order valence-corrected chi connectivity index (χ0v) is 12.5. The third kappa shape index (κ3) is 4.73. The van der Waals surface area contributed by atoms with Gasteiger partial charge in [0.1, 0.15) is 0 Å². The number of nitrogens with one attached hydrogen (secondary N) is 2. The molecule has 1 aromatic rings. The summed E-state index contributed by atoms with van der Waals surface area (Å²) < 4.78 is 0. The van der Waals surface area contributed by atoms with Gasteiger partial charge in [-0.05, 0) is 37.5 Å². The van der Waals surface area contributed by atoms with Crippen LogP contribution in [-0.4, -0.2) is 23.3 Å². The first kappa shape index (κ1) is 15.8. The minimum absolute atomic E-state index is 0.0516. The zero-order valence-electron chi connectivity index (χ0n) is 11.7. The number of amides is 2. The summed E-state index contributed by atoms with van der Waals surface area (Å²) in [5, 5.41) is 15.8. The number of aryl methyl sites for hydroxylation is 1. The maximum absolute atomic E-state index is 11.7. The number of urea groups is 1. The molecule has 0 aromatic heterocycles. The van der Waals surface area contributed by atoms with Crippen LogP contribution in [0.4, 0.5) is 10.5 Å². The van der Waals surface area contributed by atoms with E-state index in [1.807, 2.05) is 26.8 Å². The molecule has 4 nitrogen and oxygen atoms in total. The fraction of sp³-hybridized carbons (Fsp3) is 0.500. The number of carbonyl (C=O) groups is 1. The van der Waals surface area contributed by atoms with Crippen molar-refractivity contribution in [2.45, 2.75) is 33.3 Å². The van der Waals surface area contributed by atoms with Crippen molar-refractivity contribution < 1.29 is 9.90 Å². The highest BCUT2D eigenvalue weighted by Gasteiger charge is 2.25. The van der Waals surface area contributed by atoms with E-state index < -0.39 is 5.60 Å². The molecule has 2 amide bonds. The van der Waals surface area contributed by atoms with Crippen LogP contribution in [0.2, 0.25) is 5.02 Å². The molecule has 0 aliphatic carbocycles. The fourth-order valence-corrected chi connectivity index (χ4v) is 1.63. The van der Waals surface area contributed by atoms with E-state index in [1.165, 1.54) is 0 Å². The van der Waals surface area contributed by atoms with Crippen molar-refractivity contribution >= 4 is 23.3 Å². The summed E-state index contributed by atoms with van der Waals surface area (Å²) in [6, 6.07) is 5.01. The van der Waals surface area contributed by atoms with E-state index in [2.05, 4.69) is 10.6 Å². The highest BCUT2D eigenvalue weighted by molar-refractivity contribution is 6.33. The number of carbonyl (C=O) groups excluding carboxylic acids is 1. The number of aliphatic hydroxyl groups is 1. The lowest BCUT2D eigenvalue weighted by molar-refractivity contribution is 0.0170. The number of rotatable bonds is 4. The molecule has 0 radical (unpaired) electrons. The van der Waals surface area contributed by atoms with E-state index in [0.717, 1.165) is 5.56 Å². The Morgan fingerprint density at radius 1 is 1.47 bits per heavy atom. The summed E-state index contributed by atoms with van der Waals surface area (Å²) in [4.78, 5) is 11.7. The number of benzene rings is 1. The molecule has 1 rings (SSSR count). The summed E-state index contributed by atoms with van der Waals surface area (Å²) in [7, 11) is 0. The summed E-state index contributed by atoms with van der Waals surface area (Å²) in [5.74, 6) is 0.0516. The molecular formula is C14H21ClN2O2. The van der Waals surface area contributed by atoms with Crippen LogP contribution in [0.1, 0.15) is 26.3 Å². The molecule has 3 N–H and O–H groups in total. The van der Waals surface area contributed by atoms with Gasteiger partial charge in [-0.2, -0.15) is 0 Å². The Morgan fingerprint density at radius 3 is 2.63 bits per heavy atom. The lowest BCUT2D eigenvalue weighted by Gasteiger charge is -2.27. The Labute approximate surface area is 119 Å². The van der Waals surface area contributed by atoms with Crippen LogP contribution in [0.25, 0.3) is 0 Å². The van der Waals surface area contributed by atoms with Crippen molar-refractivity contribution in [2.75, 3.05) is 11.9 Å². The SMILES string of the molecule is Cc1ccc(NC(=O)NCC(C)(O)C(C)C)c(Cl)c1. The predicted octanol–water partition coefficient (Wildman–Crippen LogP) is 3.18. The van der Waals surface area contributed by atoms with Gasteiger partial charge in [-0.1, -0.05) is 31.5 Å².